The van der Waals surface area contributed by atoms with Crippen LogP contribution in [0.4, 0.5) is 10.5 Å². The molecule has 0 aliphatic carbocycles. The summed E-state index contributed by atoms with van der Waals surface area (Å²) in [4.78, 5) is 12.1. The van der Waals surface area contributed by atoms with Crippen LogP contribution in [0.5, 0.6) is 17.2 Å². The number of carbonyl (C=O) groups is 1. The summed E-state index contributed by atoms with van der Waals surface area (Å²) in [5.74, 6) is 1.88. The summed E-state index contributed by atoms with van der Waals surface area (Å²) >= 11 is 0. The van der Waals surface area contributed by atoms with Gasteiger partial charge in [-0.25, -0.2) is 4.79 Å². The van der Waals surface area contributed by atoms with Crippen molar-refractivity contribution in [3.05, 3.63) is 47.5 Å². The van der Waals surface area contributed by atoms with E-state index in [1.54, 1.807) is 32.4 Å². The number of aliphatic hydroxyl groups is 1. The zero-order valence-corrected chi connectivity index (χ0v) is 19.2. The summed E-state index contributed by atoms with van der Waals surface area (Å²) in [6, 6.07) is 11.0. The van der Waals surface area contributed by atoms with Gasteiger partial charge < -0.3 is 33.5 Å². The molecule has 0 spiro atoms. The number of nitrogens with one attached hydrogen (secondary N) is 1. The minimum Gasteiger partial charge on any atom is -0.497 e. The van der Waals surface area contributed by atoms with Gasteiger partial charge in [0.05, 0.1) is 60.1 Å². The topological polar surface area (TPSA) is 105 Å². The highest BCUT2D eigenvalue weighted by Crippen LogP contribution is 2.28. The minimum atomic E-state index is -0.618. The van der Waals surface area contributed by atoms with Crippen molar-refractivity contribution < 1.29 is 38.3 Å². The maximum absolute atomic E-state index is 12.1. The Labute approximate surface area is 193 Å². The van der Waals surface area contributed by atoms with E-state index in [1.165, 1.54) is 7.11 Å². The molecule has 0 aliphatic heterocycles. The van der Waals surface area contributed by atoms with Crippen molar-refractivity contribution in [2.24, 2.45) is 0 Å². The Hall–Kier alpha value is -3.27. The van der Waals surface area contributed by atoms with Crippen LogP contribution in [0.3, 0.4) is 0 Å². The van der Waals surface area contributed by atoms with E-state index in [-0.39, 0.29) is 26.4 Å². The van der Waals surface area contributed by atoms with Crippen LogP contribution < -0.4 is 19.5 Å². The highest BCUT2D eigenvalue weighted by atomic mass is 16.6. The van der Waals surface area contributed by atoms with Crippen LogP contribution in [-0.4, -0.2) is 72.2 Å². The molecule has 2 rings (SSSR count). The predicted octanol–water partition coefficient (Wildman–Crippen LogP) is 3.46. The van der Waals surface area contributed by atoms with Crippen LogP contribution in [0, 0.1) is 0 Å². The molecule has 9 heteroatoms. The largest absolute Gasteiger partial charge is 0.497 e. The second-order valence-electron chi connectivity index (χ2n) is 6.65. The van der Waals surface area contributed by atoms with Gasteiger partial charge in [0.15, 0.2) is 0 Å². The lowest BCUT2D eigenvalue weighted by Crippen LogP contribution is -2.18. The van der Waals surface area contributed by atoms with E-state index >= 15 is 0 Å². The highest BCUT2D eigenvalue weighted by Gasteiger charge is 2.09. The van der Waals surface area contributed by atoms with Crippen LogP contribution in [-0.2, 0) is 14.2 Å². The highest BCUT2D eigenvalue weighted by molar-refractivity contribution is 5.88. The molecule has 0 atom stereocenters. The molecular formula is C24H31NO8. The molecule has 2 aromatic carbocycles. The average molecular weight is 462 g/mol. The SMILES string of the molecule is COc1cc(/C=C\c2ccc(OC)c(NC(=O)OCCOCCOCCO)c2)cc(OC)c1. The summed E-state index contributed by atoms with van der Waals surface area (Å²) < 4.78 is 31.4. The minimum absolute atomic E-state index is 0.0283. The molecule has 0 unspecified atom stereocenters. The standard InChI is InChI=1S/C24H31NO8/c1-28-20-14-19(15-21(17-20)29-2)5-4-18-6-7-23(30-3)22(16-18)25-24(27)33-13-12-32-11-10-31-9-8-26/h4-7,14-17,26H,8-13H2,1-3H3,(H,25,27)/b5-4-. The monoisotopic (exact) mass is 461 g/mol. The molecular weight excluding hydrogens is 430 g/mol. The molecule has 33 heavy (non-hydrogen) atoms. The number of anilines is 1. The summed E-state index contributed by atoms with van der Waals surface area (Å²) in [7, 11) is 4.72. The van der Waals surface area contributed by atoms with Crippen LogP contribution in [0.25, 0.3) is 12.2 Å². The second kappa shape index (κ2) is 14.7. The molecule has 180 valence electrons. The summed E-state index contributed by atoms with van der Waals surface area (Å²) in [5.41, 5.74) is 2.22. The van der Waals surface area contributed by atoms with E-state index in [0.29, 0.717) is 36.1 Å². The Bertz CT molecular complexity index is 878. The number of methoxy groups -OCH3 is 3. The summed E-state index contributed by atoms with van der Waals surface area (Å²) in [5, 5.41) is 11.3. The van der Waals surface area contributed by atoms with Crippen molar-refractivity contribution in [1.29, 1.82) is 0 Å². The average Bonchev–Trinajstić information content (AvgIpc) is 2.84. The Morgan fingerprint density at radius 3 is 2.09 bits per heavy atom. The molecule has 0 saturated carbocycles. The first-order chi connectivity index (χ1) is 16.1. The fraction of sp³-hybridized carbons (Fsp3) is 0.375. The van der Waals surface area contributed by atoms with Crippen LogP contribution in [0.2, 0.25) is 0 Å². The number of rotatable bonds is 14. The lowest BCUT2D eigenvalue weighted by Gasteiger charge is -2.12. The lowest BCUT2D eigenvalue weighted by molar-refractivity contribution is 0.0199. The quantitative estimate of drug-likeness (QED) is 0.326. The van der Waals surface area contributed by atoms with Crippen molar-refractivity contribution in [1.82, 2.24) is 0 Å². The van der Waals surface area contributed by atoms with E-state index in [2.05, 4.69) is 5.32 Å². The molecule has 0 bridgehead atoms. The van der Waals surface area contributed by atoms with Crippen molar-refractivity contribution in [2.75, 3.05) is 66.3 Å². The summed E-state index contributed by atoms with van der Waals surface area (Å²) in [6.45, 7) is 1.29. The maximum Gasteiger partial charge on any atom is 0.411 e. The van der Waals surface area contributed by atoms with E-state index in [4.69, 9.17) is 33.5 Å². The van der Waals surface area contributed by atoms with Crippen molar-refractivity contribution in [2.45, 2.75) is 0 Å². The third-order valence-corrected chi connectivity index (χ3v) is 4.37. The van der Waals surface area contributed by atoms with Gasteiger partial charge in [-0.15, -0.1) is 0 Å². The van der Waals surface area contributed by atoms with Gasteiger partial charge in [-0.05, 0) is 35.4 Å². The molecule has 0 aliphatic rings. The normalized spacial score (nSPS) is 10.8. The van der Waals surface area contributed by atoms with Crippen molar-refractivity contribution >= 4 is 23.9 Å². The maximum atomic E-state index is 12.1. The zero-order chi connectivity index (χ0) is 23.9. The van der Waals surface area contributed by atoms with Gasteiger partial charge in [0.25, 0.3) is 0 Å². The van der Waals surface area contributed by atoms with Crippen LogP contribution >= 0.6 is 0 Å². The van der Waals surface area contributed by atoms with Gasteiger partial charge >= 0.3 is 6.09 Å². The van der Waals surface area contributed by atoms with Crippen LogP contribution in [0.15, 0.2) is 36.4 Å². The Kier molecular flexibility index (Phi) is 11.6. The van der Waals surface area contributed by atoms with E-state index in [9.17, 15) is 4.79 Å². The first-order valence-corrected chi connectivity index (χ1v) is 10.4. The third kappa shape index (κ3) is 9.40. The molecule has 0 heterocycles. The first-order valence-electron chi connectivity index (χ1n) is 10.4. The Morgan fingerprint density at radius 2 is 1.45 bits per heavy atom. The smallest absolute Gasteiger partial charge is 0.411 e. The van der Waals surface area contributed by atoms with Crippen molar-refractivity contribution in [3.63, 3.8) is 0 Å². The van der Waals surface area contributed by atoms with Gasteiger partial charge in [-0.1, -0.05) is 18.2 Å². The van der Waals surface area contributed by atoms with E-state index < -0.39 is 6.09 Å². The number of benzene rings is 2. The van der Waals surface area contributed by atoms with Gasteiger partial charge in [0.1, 0.15) is 23.9 Å². The Balaban J connectivity index is 1.93. The predicted molar refractivity (Wildman–Crippen MR) is 125 cm³/mol. The van der Waals surface area contributed by atoms with Gasteiger partial charge in [-0.2, -0.15) is 0 Å². The van der Waals surface area contributed by atoms with E-state index in [1.807, 2.05) is 30.4 Å². The molecule has 2 aromatic rings. The lowest BCUT2D eigenvalue weighted by atomic mass is 10.1. The van der Waals surface area contributed by atoms with E-state index in [0.717, 1.165) is 11.1 Å². The van der Waals surface area contributed by atoms with Gasteiger partial charge in [0, 0.05) is 6.07 Å². The summed E-state index contributed by atoms with van der Waals surface area (Å²) in [6.07, 6.45) is 3.19. The molecule has 0 fully saturated rings. The Morgan fingerprint density at radius 1 is 0.818 bits per heavy atom. The molecule has 0 radical (unpaired) electrons. The zero-order valence-electron chi connectivity index (χ0n) is 19.2. The molecule has 9 nitrogen and oxygen atoms in total. The molecule has 0 saturated heterocycles. The number of carbonyl (C=O) groups excluding carboxylic acids is 1. The first kappa shape index (κ1) is 26.0. The fourth-order valence-electron chi connectivity index (χ4n) is 2.77. The third-order valence-electron chi connectivity index (χ3n) is 4.37. The van der Waals surface area contributed by atoms with Gasteiger partial charge in [-0.3, -0.25) is 5.32 Å². The molecule has 2 N–H and O–H groups in total. The number of aliphatic hydroxyl groups excluding tert-OH is 1. The fourth-order valence-corrected chi connectivity index (χ4v) is 2.77. The molecule has 1 amide bonds. The number of hydrogen-bond donors (Lipinski definition) is 2. The van der Waals surface area contributed by atoms with Crippen LogP contribution in [0.1, 0.15) is 11.1 Å². The number of hydrogen-bond acceptors (Lipinski definition) is 8. The van der Waals surface area contributed by atoms with Crippen molar-refractivity contribution in [3.8, 4) is 17.2 Å². The van der Waals surface area contributed by atoms with Gasteiger partial charge in [0.2, 0.25) is 0 Å². The second-order valence-corrected chi connectivity index (χ2v) is 6.65. The number of amides is 1. The number of ether oxygens (including phenoxy) is 6. The molecule has 0 aromatic heterocycles.